The van der Waals surface area contributed by atoms with Crippen molar-refractivity contribution in [2.75, 3.05) is 19.1 Å². The lowest BCUT2D eigenvalue weighted by Crippen LogP contribution is -2.40. The van der Waals surface area contributed by atoms with Gasteiger partial charge in [-0.1, -0.05) is 35.5 Å². The van der Waals surface area contributed by atoms with Gasteiger partial charge in [-0.2, -0.15) is 10.2 Å². The monoisotopic (exact) mass is 471 g/mol. The van der Waals surface area contributed by atoms with E-state index in [0.29, 0.717) is 28.5 Å². The van der Waals surface area contributed by atoms with E-state index in [4.69, 9.17) is 19.7 Å². The second-order valence-corrected chi connectivity index (χ2v) is 7.52. The summed E-state index contributed by atoms with van der Waals surface area (Å²) in [5, 5.41) is 14.0. The van der Waals surface area contributed by atoms with Gasteiger partial charge >= 0.3 is 11.9 Å². The van der Waals surface area contributed by atoms with Crippen LogP contribution < -0.4 is 10.6 Å². The largest absolute Gasteiger partial charge is 0.466 e. The van der Waals surface area contributed by atoms with Gasteiger partial charge in [0, 0.05) is 18.2 Å². The Morgan fingerprint density at radius 1 is 1.06 bits per heavy atom. The number of hydrogen-bond acceptors (Lipinski definition) is 10. The van der Waals surface area contributed by atoms with Crippen LogP contribution in [-0.2, 0) is 19.1 Å². The van der Waals surface area contributed by atoms with Gasteiger partial charge in [-0.3, -0.25) is 4.90 Å². The number of ether oxygens (including phenoxy) is 2. The third-order valence-corrected chi connectivity index (χ3v) is 5.52. The molecule has 176 valence electrons. The smallest absolute Gasteiger partial charge is 0.355 e. The zero-order valence-electron chi connectivity index (χ0n) is 19.2. The summed E-state index contributed by atoms with van der Waals surface area (Å²) in [6.07, 6.45) is 0. The van der Waals surface area contributed by atoms with E-state index in [9.17, 15) is 14.9 Å². The molecule has 0 radical (unpaired) electrons. The zero-order chi connectivity index (χ0) is 25.1. The van der Waals surface area contributed by atoms with Crippen molar-refractivity contribution >= 4 is 17.6 Å². The number of aromatic nitrogens is 2. The van der Waals surface area contributed by atoms with Gasteiger partial charge < -0.3 is 19.7 Å². The van der Waals surface area contributed by atoms with Crippen LogP contribution in [-0.4, -0.2) is 36.3 Å². The van der Waals surface area contributed by atoms with Gasteiger partial charge in [-0.25, -0.2) is 9.59 Å². The van der Waals surface area contributed by atoms with Crippen molar-refractivity contribution in [3.63, 3.8) is 0 Å². The van der Waals surface area contributed by atoms with Crippen molar-refractivity contribution in [2.45, 2.75) is 12.8 Å². The van der Waals surface area contributed by atoms with Crippen LogP contribution in [0.25, 0.3) is 11.4 Å². The van der Waals surface area contributed by atoms with Gasteiger partial charge in [0.15, 0.2) is 0 Å². The maximum absolute atomic E-state index is 13.1. The quantitative estimate of drug-likeness (QED) is 0.551. The summed E-state index contributed by atoms with van der Waals surface area (Å²) in [5.41, 5.74) is 8.02. The van der Waals surface area contributed by atoms with Crippen LogP contribution >= 0.6 is 0 Å². The van der Waals surface area contributed by atoms with E-state index in [-0.39, 0.29) is 22.7 Å². The molecule has 0 spiro atoms. The number of anilines is 1. The van der Waals surface area contributed by atoms with E-state index < -0.39 is 17.9 Å². The lowest BCUT2D eigenvalue weighted by atomic mass is 9.81. The van der Waals surface area contributed by atoms with Gasteiger partial charge in [-0.15, -0.1) is 0 Å². The van der Waals surface area contributed by atoms with Crippen molar-refractivity contribution in [3.8, 4) is 17.5 Å². The SMILES string of the molecule is COC(=O)C1=C(C(=O)OC)N(c2ccc(-c3noc(C)n3)cc2)C(N)=C(C#N)C1c1ccccc1. The predicted molar refractivity (Wildman–Crippen MR) is 124 cm³/mol. The van der Waals surface area contributed by atoms with Crippen LogP contribution in [0.1, 0.15) is 17.4 Å². The lowest BCUT2D eigenvalue weighted by molar-refractivity contribution is -0.139. The van der Waals surface area contributed by atoms with Crippen LogP contribution in [0.2, 0.25) is 0 Å². The molecule has 10 nitrogen and oxygen atoms in total. The Morgan fingerprint density at radius 3 is 2.26 bits per heavy atom. The summed E-state index contributed by atoms with van der Waals surface area (Å²) >= 11 is 0. The standard InChI is InChI=1S/C25H21N5O5/c1-14-28-23(29-35-14)16-9-11-17(12-10-16)30-21(25(32)34-3)20(24(31)33-2)19(18(13-26)22(30)27)15-7-5-4-6-8-15/h4-12,19H,27H2,1-3H3. The summed E-state index contributed by atoms with van der Waals surface area (Å²) in [7, 11) is 2.40. The third-order valence-electron chi connectivity index (χ3n) is 5.52. The second-order valence-electron chi connectivity index (χ2n) is 7.52. The molecule has 1 unspecified atom stereocenters. The number of methoxy groups -OCH3 is 2. The first kappa shape index (κ1) is 23.3. The number of nitrogens with zero attached hydrogens (tertiary/aromatic N) is 4. The number of aryl methyl sites for hydroxylation is 1. The molecule has 0 amide bonds. The Labute approximate surface area is 200 Å². The maximum atomic E-state index is 13.1. The zero-order valence-corrected chi connectivity index (χ0v) is 19.2. The normalized spacial score (nSPS) is 15.6. The Hall–Kier alpha value is -4.91. The molecule has 1 aliphatic rings. The van der Waals surface area contributed by atoms with E-state index in [1.54, 1.807) is 61.5 Å². The van der Waals surface area contributed by atoms with Crippen molar-refractivity contribution in [2.24, 2.45) is 5.73 Å². The molecule has 0 bridgehead atoms. The van der Waals surface area contributed by atoms with Crippen molar-refractivity contribution in [3.05, 3.63) is 88.7 Å². The lowest BCUT2D eigenvalue weighted by Gasteiger charge is -2.35. The minimum atomic E-state index is -0.930. The number of hydrogen-bond donors (Lipinski definition) is 1. The fourth-order valence-electron chi connectivity index (χ4n) is 3.96. The number of carbonyl (C=O) groups excluding carboxylic acids is 2. The minimum Gasteiger partial charge on any atom is -0.466 e. The number of benzene rings is 2. The first-order chi connectivity index (χ1) is 16.9. The highest BCUT2D eigenvalue weighted by Crippen LogP contribution is 2.43. The first-order valence-electron chi connectivity index (χ1n) is 10.5. The molecule has 0 saturated carbocycles. The number of esters is 2. The topological polar surface area (TPSA) is 145 Å². The average Bonchev–Trinajstić information content (AvgIpc) is 3.33. The second kappa shape index (κ2) is 9.52. The molecule has 2 N–H and O–H groups in total. The van der Waals surface area contributed by atoms with E-state index >= 15 is 0 Å². The molecule has 0 aliphatic carbocycles. The Morgan fingerprint density at radius 2 is 1.71 bits per heavy atom. The molecule has 0 saturated heterocycles. The van der Waals surface area contributed by atoms with E-state index in [1.807, 2.05) is 0 Å². The molecule has 1 aliphatic heterocycles. The molecule has 2 heterocycles. The Balaban J connectivity index is 1.95. The van der Waals surface area contributed by atoms with E-state index in [1.165, 1.54) is 19.1 Å². The van der Waals surface area contributed by atoms with Crippen LogP contribution in [0.15, 0.2) is 81.8 Å². The highest BCUT2D eigenvalue weighted by molar-refractivity contribution is 6.06. The number of rotatable bonds is 5. The summed E-state index contributed by atoms with van der Waals surface area (Å²) < 4.78 is 15.1. The van der Waals surface area contributed by atoms with Gasteiger partial charge in [0.1, 0.15) is 11.5 Å². The number of nitriles is 1. The third kappa shape index (κ3) is 4.11. The van der Waals surface area contributed by atoms with Crippen LogP contribution in [0, 0.1) is 18.3 Å². The molecule has 4 rings (SSSR count). The molecule has 0 fully saturated rings. The number of nitrogens with two attached hydrogens (primary N) is 1. The fraction of sp³-hybridized carbons (Fsp3) is 0.160. The Bertz CT molecular complexity index is 1380. The fourth-order valence-corrected chi connectivity index (χ4v) is 3.96. The molecule has 3 aromatic rings. The summed E-state index contributed by atoms with van der Waals surface area (Å²) in [6, 6.07) is 17.6. The van der Waals surface area contributed by atoms with Crippen molar-refractivity contribution < 1.29 is 23.6 Å². The first-order valence-corrected chi connectivity index (χ1v) is 10.5. The highest BCUT2D eigenvalue weighted by Gasteiger charge is 2.42. The minimum absolute atomic E-state index is 0.0161. The average molecular weight is 471 g/mol. The van der Waals surface area contributed by atoms with Gasteiger partial charge in [0.25, 0.3) is 0 Å². The predicted octanol–water partition coefficient (Wildman–Crippen LogP) is 2.94. The van der Waals surface area contributed by atoms with E-state index in [0.717, 1.165) is 0 Å². The molecule has 1 aromatic heterocycles. The van der Waals surface area contributed by atoms with Crippen LogP contribution in [0.3, 0.4) is 0 Å². The van der Waals surface area contributed by atoms with Crippen LogP contribution in [0.5, 0.6) is 0 Å². The summed E-state index contributed by atoms with van der Waals surface area (Å²) in [4.78, 5) is 31.6. The number of carbonyl (C=O) groups is 2. The number of allylic oxidation sites excluding steroid dienone is 1. The highest BCUT2D eigenvalue weighted by atomic mass is 16.5. The molecule has 1 atom stereocenters. The van der Waals surface area contributed by atoms with Gasteiger partial charge in [-0.05, 0) is 29.8 Å². The molecular formula is C25H21N5O5. The molecule has 35 heavy (non-hydrogen) atoms. The molecule has 2 aromatic carbocycles. The Kier molecular flexibility index (Phi) is 6.33. The van der Waals surface area contributed by atoms with Crippen LogP contribution in [0.4, 0.5) is 5.69 Å². The molecular weight excluding hydrogens is 450 g/mol. The summed E-state index contributed by atoms with van der Waals surface area (Å²) in [5.74, 6) is -1.75. The van der Waals surface area contributed by atoms with E-state index in [2.05, 4.69) is 16.2 Å². The summed E-state index contributed by atoms with van der Waals surface area (Å²) in [6.45, 7) is 1.68. The maximum Gasteiger partial charge on any atom is 0.355 e. The van der Waals surface area contributed by atoms with Crippen molar-refractivity contribution in [1.82, 2.24) is 10.1 Å². The van der Waals surface area contributed by atoms with Gasteiger partial charge in [0.2, 0.25) is 11.7 Å². The van der Waals surface area contributed by atoms with Crippen molar-refractivity contribution in [1.29, 1.82) is 5.26 Å². The van der Waals surface area contributed by atoms with Gasteiger partial charge in [0.05, 0.1) is 37.4 Å². The molecule has 10 heteroatoms.